The lowest BCUT2D eigenvalue weighted by Crippen LogP contribution is -2.40. The number of hydrogen-bond donors (Lipinski definition) is 4. The lowest BCUT2D eigenvalue weighted by molar-refractivity contribution is -0.135. The van der Waals surface area contributed by atoms with Crippen LogP contribution in [0.3, 0.4) is 0 Å². The third-order valence-corrected chi connectivity index (χ3v) is 3.92. The predicted octanol–water partition coefficient (Wildman–Crippen LogP) is 0.586. The molecular formula is C17H24FN2O4. The highest BCUT2D eigenvalue weighted by Crippen LogP contribution is 2.21. The second kappa shape index (κ2) is 8.75. The van der Waals surface area contributed by atoms with Crippen LogP contribution in [0.5, 0.6) is 0 Å². The molecule has 1 aromatic rings. The van der Waals surface area contributed by atoms with Crippen molar-refractivity contribution < 1.29 is 24.2 Å². The van der Waals surface area contributed by atoms with Gasteiger partial charge >= 0.3 is 0 Å². The summed E-state index contributed by atoms with van der Waals surface area (Å²) in [6.45, 7) is 1.33. The molecule has 1 unspecified atom stereocenters. The first kappa shape index (κ1) is 20.1. The Morgan fingerprint density at radius 3 is 2.50 bits per heavy atom. The van der Waals surface area contributed by atoms with Crippen molar-refractivity contribution in [3.8, 4) is 0 Å². The molecule has 6 nitrogen and oxygen atoms in total. The zero-order valence-electron chi connectivity index (χ0n) is 13.7. The van der Waals surface area contributed by atoms with Crippen LogP contribution in [0.2, 0.25) is 0 Å². The molecule has 1 radical (unpaired) electrons. The molecule has 0 aliphatic carbocycles. The van der Waals surface area contributed by atoms with E-state index in [1.54, 1.807) is 6.07 Å². The summed E-state index contributed by atoms with van der Waals surface area (Å²) in [5.74, 6) is -1.88. The van der Waals surface area contributed by atoms with Gasteiger partial charge in [0, 0.05) is 0 Å². The number of carbonyl (C=O) groups is 2. The van der Waals surface area contributed by atoms with Gasteiger partial charge in [-0.2, -0.15) is 0 Å². The Labute approximate surface area is 140 Å². The molecule has 0 saturated carbocycles. The molecule has 6 N–H and O–H groups in total. The van der Waals surface area contributed by atoms with Crippen molar-refractivity contribution in [2.45, 2.75) is 50.7 Å². The van der Waals surface area contributed by atoms with Gasteiger partial charge in [0.25, 0.3) is 0 Å². The van der Waals surface area contributed by atoms with Crippen molar-refractivity contribution >= 4 is 11.8 Å². The fourth-order valence-corrected chi connectivity index (χ4v) is 2.34. The van der Waals surface area contributed by atoms with Crippen LogP contribution < -0.4 is 11.5 Å². The summed E-state index contributed by atoms with van der Waals surface area (Å²) >= 11 is 0. The summed E-state index contributed by atoms with van der Waals surface area (Å²) in [6, 6.07) is 5.72. The van der Waals surface area contributed by atoms with Gasteiger partial charge in [-0.1, -0.05) is 18.6 Å². The van der Waals surface area contributed by atoms with Gasteiger partial charge in [0.15, 0.2) is 0 Å². The van der Waals surface area contributed by atoms with Gasteiger partial charge in [0.05, 0.1) is 12.0 Å². The van der Waals surface area contributed by atoms with E-state index in [0.29, 0.717) is 18.4 Å². The van der Waals surface area contributed by atoms with Crippen molar-refractivity contribution in [3.63, 3.8) is 0 Å². The van der Waals surface area contributed by atoms with Crippen LogP contribution in [0.25, 0.3) is 0 Å². The van der Waals surface area contributed by atoms with Crippen molar-refractivity contribution in [3.05, 3.63) is 41.6 Å². The van der Waals surface area contributed by atoms with Gasteiger partial charge in [0.1, 0.15) is 11.4 Å². The van der Waals surface area contributed by atoms with E-state index in [-0.39, 0.29) is 25.2 Å². The second-order valence-corrected chi connectivity index (χ2v) is 6.10. The molecule has 1 aromatic carbocycles. The van der Waals surface area contributed by atoms with Gasteiger partial charge in [-0.05, 0) is 50.3 Å². The molecule has 0 spiro atoms. The van der Waals surface area contributed by atoms with Crippen LogP contribution in [-0.2, 0) is 16.0 Å². The molecular weight excluding hydrogens is 315 g/mol. The van der Waals surface area contributed by atoms with Crippen LogP contribution >= 0.6 is 0 Å². The topological polar surface area (TPSA) is 127 Å². The number of aliphatic hydroxyl groups excluding tert-OH is 1. The molecule has 0 aromatic heterocycles. The first-order valence-corrected chi connectivity index (χ1v) is 7.74. The molecule has 0 bridgehead atoms. The monoisotopic (exact) mass is 339 g/mol. The number of amides is 2. The van der Waals surface area contributed by atoms with Crippen molar-refractivity contribution in [2.75, 3.05) is 0 Å². The summed E-state index contributed by atoms with van der Waals surface area (Å²) in [5, 5.41) is 19.9. The number of halogens is 1. The van der Waals surface area contributed by atoms with E-state index >= 15 is 0 Å². The third-order valence-electron chi connectivity index (χ3n) is 3.92. The van der Waals surface area contributed by atoms with Gasteiger partial charge < -0.3 is 21.7 Å². The largest absolute Gasteiger partial charge is 0.392 e. The van der Waals surface area contributed by atoms with Crippen LogP contribution in [0.4, 0.5) is 4.39 Å². The quantitative estimate of drug-likeness (QED) is 0.465. The Hall–Kier alpha value is -1.99. The fraction of sp³-hybridized carbons (Fsp3) is 0.471. The first-order valence-electron chi connectivity index (χ1n) is 7.74. The summed E-state index contributed by atoms with van der Waals surface area (Å²) in [7, 11) is 0. The maximum atomic E-state index is 13.2. The smallest absolute Gasteiger partial charge is 0.249 e. The molecule has 133 valence electrons. The van der Waals surface area contributed by atoms with Crippen LogP contribution in [0.15, 0.2) is 24.3 Å². The van der Waals surface area contributed by atoms with E-state index < -0.39 is 29.3 Å². The van der Waals surface area contributed by atoms with Gasteiger partial charge in [-0.25, -0.2) is 4.39 Å². The van der Waals surface area contributed by atoms with Crippen LogP contribution in [-0.4, -0.2) is 33.7 Å². The summed E-state index contributed by atoms with van der Waals surface area (Å²) in [6.07, 6.45) is 0.300. The minimum atomic E-state index is -1.59. The van der Waals surface area contributed by atoms with E-state index in [4.69, 9.17) is 11.5 Å². The van der Waals surface area contributed by atoms with Gasteiger partial charge in [-0.15, -0.1) is 0 Å². The standard InChI is InChI=1S/C17H24FN2O4/c1-17(24,16(20)23)8-3-2-7-14(21)13(15(19)22)10-11-5-4-6-12(18)9-11/h4-6,9,14,21,24H,2-3,7-8,10H2,1H3,(H2,19,22)(H2,20,23)/t14-,17?/m0/s1. The predicted molar refractivity (Wildman–Crippen MR) is 86.8 cm³/mol. The number of carbonyl (C=O) groups excluding carboxylic acids is 2. The Balaban J connectivity index is 2.54. The number of rotatable bonds is 10. The average molecular weight is 339 g/mol. The minimum Gasteiger partial charge on any atom is -0.392 e. The van der Waals surface area contributed by atoms with E-state index in [2.05, 4.69) is 0 Å². The number of aliphatic hydroxyl groups is 2. The second-order valence-electron chi connectivity index (χ2n) is 6.10. The number of benzene rings is 1. The van der Waals surface area contributed by atoms with Gasteiger partial charge in [0.2, 0.25) is 11.8 Å². The molecule has 0 heterocycles. The molecule has 2 amide bonds. The number of nitrogens with two attached hydrogens (primary N) is 2. The molecule has 24 heavy (non-hydrogen) atoms. The molecule has 0 aliphatic heterocycles. The minimum absolute atomic E-state index is 0.0628. The molecule has 0 aliphatic rings. The highest BCUT2D eigenvalue weighted by Gasteiger charge is 2.28. The highest BCUT2D eigenvalue weighted by atomic mass is 19.1. The number of primary amides is 2. The third kappa shape index (κ3) is 6.25. The molecule has 7 heteroatoms. The highest BCUT2D eigenvalue weighted by molar-refractivity contribution is 5.89. The van der Waals surface area contributed by atoms with E-state index in [0.717, 1.165) is 0 Å². The van der Waals surface area contributed by atoms with E-state index in [9.17, 15) is 24.2 Å². The zero-order chi connectivity index (χ0) is 18.3. The van der Waals surface area contributed by atoms with Crippen LogP contribution in [0.1, 0.15) is 38.2 Å². The number of hydrogen-bond acceptors (Lipinski definition) is 4. The van der Waals surface area contributed by atoms with Crippen molar-refractivity contribution in [1.82, 2.24) is 0 Å². The SMILES string of the molecule is CC(O)(CCCC[C@H](O)[C](Cc1cccc(F)c1)C(N)=O)C(N)=O. The summed E-state index contributed by atoms with van der Waals surface area (Å²) in [4.78, 5) is 22.5. The van der Waals surface area contributed by atoms with E-state index in [1.165, 1.54) is 25.1 Å². The zero-order valence-corrected chi connectivity index (χ0v) is 13.7. The normalized spacial score (nSPS) is 15.0. The Kier molecular flexibility index (Phi) is 7.31. The molecule has 1 rings (SSSR count). The Morgan fingerprint density at radius 2 is 1.96 bits per heavy atom. The van der Waals surface area contributed by atoms with Crippen molar-refractivity contribution in [2.24, 2.45) is 11.5 Å². The average Bonchev–Trinajstić information content (AvgIpc) is 2.48. The maximum Gasteiger partial charge on any atom is 0.249 e. The molecule has 0 saturated heterocycles. The lowest BCUT2D eigenvalue weighted by Gasteiger charge is -2.21. The maximum absolute atomic E-state index is 13.2. The molecule has 0 fully saturated rings. The first-order chi connectivity index (χ1) is 11.1. The summed E-state index contributed by atoms with van der Waals surface area (Å²) in [5.41, 5.74) is 9.32. The Bertz CT molecular complexity index is 577. The fourth-order valence-electron chi connectivity index (χ4n) is 2.34. The lowest BCUT2D eigenvalue weighted by atomic mass is 9.89. The van der Waals surface area contributed by atoms with Crippen molar-refractivity contribution in [1.29, 1.82) is 0 Å². The van der Waals surface area contributed by atoms with Gasteiger partial charge in [-0.3, -0.25) is 9.59 Å². The number of unbranched alkanes of at least 4 members (excludes halogenated alkanes) is 1. The van der Waals surface area contributed by atoms with E-state index in [1.807, 2.05) is 0 Å². The Morgan fingerprint density at radius 1 is 1.29 bits per heavy atom. The van der Waals surface area contributed by atoms with Crippen LogP contribution in [0, 0.1) is 11.7 Å². The summed E-state index contributed by atoms with van der Waals surface area (Å²) < 4.78 is 13.2. The molecule has 2 atom stereocenters.